The van der Waals surface area contributed by atoms with Gasteiger partial charge in [0.1, 0.15) is 0 Å². The molecule has 0 amide bonds. The van der Waals surface area contributed by atoms with E-state index in [2.05, 4.69) is 264 Å². The quantitative estimate of drug-likeness (QED) is 0.141. The van der Waals surface area contributed by atoms with Gasteiger partial charge in [0.2, 0.25) is 0 Å². The summed E-state index contributed by atoms with van der Waals surface area (Å²) in [6.07, 6.45) is 0. The predicted molar refractivity (Wildman–Crippen MR) is 263 cm³/mol. The van der Waals surface area contributed by atoms with E-state index >= 15 is 0 Å². The molecule has 62 heavy (non-hydrogen) atoms. The first-order valence-electron chi connectivity index (χ1n) is 21.3. The number of benzene rings is 10. The Hall–Kier alpha value is -8.20. The van der Waals surface area contributed by atoms with Crippen LogP contribution in [-0.2, 0) is 0 Å². The third-order valence-corrected chi connectivity index (χ3v) is 12.0. The van der Waals surface area contributed by atoms with Gasteiger partial charge >= 0.3 is 0 Å². The fraction of sp³-hybridized carbons (Fsp3) is 0. The Balaban J connectivity index is 1.05. The fourth-order valence-corrected chi connectivity index (χ4v) is 9.00. The van der Waals surface area contributed by atoms with Gasteiger partial charge in [0.15, 0.2) is 0 Å². The summed E-state index contributed by atoms with van der Waals surface area (Å²) in [5.74, 6) is 0. The molecule has 2 nitrogen and oxygen atoms in total. The molecule has 0 fully saturated rings. The minimum absolute atomic E-state index is 1.09. The zero-order chi connectivity index (χ0) is 41.2. The summed E-state index contributed by atoms with van der Waals surface area (Å²) in [4.78, 5) is 2.35. The molecule has 292 valence electrons. The van der Waals surface area contributed by atoms with Gasteiger partial charge in [-0.05, 0) is 98.4 Å². The molecule has 0 aliphatic carbocycles. The normalized spacial score (nSPS) is 11.2. The maximum absolute atomic E-state index is 2.49. The van der Waals surface area contributed by atoms with Crippen molar-refractivity contribution in [3.8, 4) is 61.5 Å². The Labute approximate surface area is 362 Å². The van der Waals surface area contributed by atoms with E-state index in [0.29, 0.717) is 0 Å². The largest absolute Gasteiger partial charge is 0.311 e. The van der Waals surface area contributed by atoms with Gasteiger partial charge in [-0.1, -0.05) is 206 Å². The Bertz CT molecular complexity index is 3190. The summed E-state index contributed by atoms with van der Waals surface area (Å²) in [6.45, 7) is 0. The van der Waals surface area contributed by atoms with Crippen molar-refractivity contribution in [2.24, 2.45) is 0 Å². The van der Waals surface area contributed by atoms with Crippen LogP contribution < -0.4 is 4.90 Å². The zero-order valence-corrected chi connectivity index (χ0v) is 34.1. The summed E-state index contributed by atoms with van der Waals surface area (Å²) >= 11 is 0. The van der Waals surface area contributed by atoms with Crippen molar-refractivity contribution in [2.45, 2.75) is 0 Å². The lowest BCUT2D eigenvalue weighted by atomic mass is 9.97. The smallest absolute Gasteiger partial charge is 0.0619 e. The predicted octanol–water partition coefficient (Wildman–Crippen LogP) is 16.6. The van der Waals surface area contributed by atoms with Gasteiger partial charge in [-0.3, -0.25) is 0 Å². The Morgan fingerprint density at radius 3 is 1.21 bits per heavy atom. The molecule has 0 unspecified atom stereocenters. The van der Waals surface area contributed by atoms with Crippen LogP contribution in [0.1, 0.15) is 0 Å². The van der Waals surface area contributed by atoms with Crippen LogP contribution in [-0.4, -0.2) is 4.57 Å². The Kier molecular flexibility index (Phi) is 9.57. The molecular formula is C60H42N2. The molecule has 10 aromatic carbocycles. The lowest BCUT2D eigenvalue weighted by Crippen LogP contribution is -2.09. The molecule has 0 aliphatic heterocycles. The van der Waals surface area contributed by atoms with Crippen molar-refractivity contribution in [3.05, 3.63) is 255 Å². The van der Waals surface area contributed by atoms with E-state index in [9.17, 15) is 0 Å². The SMILES string of the molecule is c1ccc(-c2ccc(N(c3ccc(-c4ccccc4)cc3)c3ccc(-c4ccc5c(-c6ccccc6)c(-c6ccccc6)n(-c6cccc7ccccc67)c5c4)cc3)cc2)cc1. The Morgan fingerprint density at radius 2 is 0.677 bits per heavy atom. The van der Waals surface area contributed by atoms with Gasteiger partial charge in [-0.15, -0.1) is 0 Å². The van der Waals surface area contributed by atoms with Gasteiger partial charge in [0, 0.05) is 33.4 Å². The molecule has 0 spiro atoms. The third kappa shape index (κ3) is 6.84. The van der Waals surface area contributed by atoms with Gasteiger partial charge in [0.25, 0.3) is 0 Å². The van der Waals surface area contributed by atoms with Gasteiger partial charge < -0.3 is 9.47 Å². The topological polar surface area (TPSA) is 8.17 Å². The van der Waals surface area contributed by atoms with E-state index in [1.165, 1.54) is 66.3 Å². The van der Waals surface area contributed by atoms with Crippen LogP contribution in [0.25, 0.3) is 83.1 Å². The lowest BCUT2D eigenvalue weighted by Gasteiger charge is -2.26. The molecule has 0 atom stereocenters. The number of nitrogens with zero attached hydrogens (tertiary/aromatic N) is 2. The summed E-state index contributed by atoms with van der Waals surface area (Å²) < 4.78 is 2.49. The molecular weight excluding hydrogens is 749 g/mol. The number of anilines is 3. The van der Waals surface area contributed by atoms with Crippen molar-refractivity contribution >= 4 is 38.7 Å². The van der Waals surface area contributed by atoms with Crippen LogP contribution in [0, 0.1) is 0 Å². The van der Waals surface area contributed by atoms with Crippen LogP contribution >= 0.6 is 0 Å². The highest BCUT2D eigenvalue weighted by Gasteiger charge is 2.23. The number of fused-ring (bicyclic) bond motifs is 2. The maximum atomic E-state index is 2.49. The van der Waals surface area contributed by atoms with Crippen LogP contribution in [0.15, 0.2) is 255 Å². The van der Waals surface area contributed by atoms with E-state index in [-0.39, 0.29) is 0 Å². The summed E-state index contributed by atoms with van der Waals surface area (Å²) in [7, 11) is 0. The van der Waals surface area contributed by atoms with Crippen LogP contribution in [0.4, 0.5) is 17.1 Å². The average molecular weight is 791 g/mol. The molecule has 1 heterocycles. The summed E-state index contributed by atoms with van der Waals surface area (Å²) in [5, 5.41) is 3.65. The highest BCUT2D eigenvalue weighted by Crippen LogP contribution is 2.45. The van der Waals surface area contributed by atoms with E-state index in [1.54, 1.807) is 0 Å². The summed E-state index contributed by atoms with van der Waals surface area (Å²) in [6, 6.07) is 92.0. The van der Waals surface area contributed by atoms with Crippen molar-refractivity contribution in [1.29, 1.82) is 0 Å². The second-order valence-electron chi connectivity index (χ2n) is 15.7. The highest BCUT2D eigenvalue weighted by molar-refractivity contribution is 6.08. The van der Waals surface area contributed by atoms with Crippen LogP contribution in [0.3, 0.4) is 0 Å². The first-order chi connectivity index (χ1) is 30.8. The number of aromatic nitrogens is 1. The molecule has 1 aromatic heterocycles. The number of hydrogen-bond donors (Lipinski definition) is 0. The molecule has 0 aliphatic rings. The molecule has 0 N–H and O–H groups in total. The van der Waals surface area contributed by atoms with Crippen LogP contribution in [0.2, 0.25) is 0 Å². The average Bonchev–Trinajstić information content (AvgIpc) is 3.70. The highest BCUT2D eigenvalue weighted by atomic mass is 15.1. The number of rotatable bonds is 9. The molecule has 0 saturated heterocycles. The van der Waals surface area contributed by atoms with Gasteiger partial charge in [-0.2, -0.15) is 0 Å². The minimum Gasteiger partial charge on any atom is -0.311 e. The van der Waals surface area contributed by atoms with E-state index in [0.717, 1.165) is 33.9 Å². The van der Waals surface area contributed by atoms with E-state index in [4.69, 9.17) is 0 Å². The van der Waals surface area contributed by atoms with E-state index < -0.39 is 0 Å². The molecule has 0 saturated carbocycles. The first-order valence-corrected chi connectivity index (χ1v) is 21.3. The van der Waals surface area contributed by atoms with E-state index in [1.807, 2.05) is 0 Å². The molecule has 2 heteroatoms. The maximum Gasteiger partial charge on any atom is 0.0619 e. The molecule has 0 bridgehead atoms. The Morgan fingerprint density at radius 1 is 0.274 bits per heavy atom. The zero-order valence-electron chi connectivity index (χ0n) is 34.1. The third-order valence-electron chi connectivity index (χ3n) is 12.0. The van der Waals surface area contributed by atoms with Crippen molar-refractivity contribution in [2.75, 3.05) is 4.90 Å². The second-order valence-corrected chi connectivity index (χ2v) is 15.7. The van der Waals surface area contributed by atoms with Crippen LogP contribution in [0.5, 0.6) is 0 Å². The molecule has 0 radical (unpaired) electrons. The summed E-state index contributed by atoms with van der Waals surface area (Å²) in [5.41, 5.74) is 17.5. The standard InChI is InChI=1S/C60H42N2/c1-5-16-43(17-6-1)45-28-35-52(36-29-45)61(53-37-30-46(31-38-53)44-18-7-2-8-19-44)54-39-32-47(33-40-54)51-34-41-56-58(42-51)62(57-27-15-25-48-20-13-14-26-55(48)57)60(50-23-11-4-12-24-50)59(56)49-21-9-3-10-22-49/h1-42H. The molecule has 11 aromatic rings. The molecule has 11 rings (SSSR count). The second kappa shape index (κ2) is 16.1. The van der Waals surface area contributed by atoms with Gasteiger partial charge in [0.05, 0.1) is 16.9 Å². The number of hydrogen-bond acceptors (Lipinski definition) is 1. The minimum atomic E-state index is 1.09. The lowest BCUT2D eigenvalue weighted by molar-refractivity contribution is 1.15. The fourth-order valence-electron chi connectivity index (χ4n) is 9.00. The van der Waals surface area contributed by atoms with Crippen molar-refractivity contribution < 1.29 is 0 Å². The van der Waals surface area contributed by atoms with Gasteiger partial charge in [-0.25, -0.2) is 0 Å². The van der Waals surface area contributed by atoms with Crippen molar-refractivity contribution in [1.82, 2.24) is 4.57 Å². The van der Waals surface area contributed by atoms with Crippen molar-refractivity contribution in [3.63, 3.8) is 0 Å². The first kappa shape index (κ1) is 36.8. The monoisotopic (exact) mass is 790 g/mol.